The highest BCUT2D eigenvalue weighted by molar-refractivity contribution is 7.51. The van der Waals surface area contributed by atoms with Crippen molar-refractivity contribution in [3.05, 3.63) is 0 Å². The third-order valence-corrected chi connectivity index (χ3v) is 9.46. The summed E-state index contributed by atoms with van der Waals surface area (Å²) in [7, 11) is -2.26. The molecule has 0 saturated carbocycles. The van der Waals surface area contributed by atoms with E-state index in [4.69, 9.17) is 37.7 Å². The molecule has 22 nitrogen and oxygen atoms in total. The second-order valence-corrected chi connectivity index (χ2v) is 15.3. The van der Waals surface area contributed by atoms with E-state index in [-0.39, 0.29) is 19.8 Å². The van der Waals surface area contributed by atoms with E-state index in [1.165, 1.54) is 21.0 Å². The largest absolute Gasteiger partial charge is 0.388 e. The molecular weight excluding hydrogens is 749 g/mol. The molecule has 0 spiro atoms. The molecule has 16 atom stereocenters. The SMILES string of the molecule is COCC1OC(OCC2OC(OCC3OC(OCCCCCOP(C)(=O)O)C(NC(C)=O)C(O)C3O)C(NC(C)=O)C(O)C2O)C(NC(C)=O)C(O)C1O. The Bertz CT molecular complexity index is 1250. The highest BCUT2D eigenvalue weighted by Crippen LogP contribution is 2.36. The maximum absolute atomic E-state index is 12.1. The molecule has 10 N–H and O–H groups in total. The molecule has 3 aliphatic rings. The van der Waals surface area contributed by atoms with Crippen molar-refractivity contribution in [2.45, 2.75) is 132 Å². The number of unbranched alkanes of at least 4 members (excludes halogenated alkanes) is 2. The van der Waals surface area contributed by atoms with E-state index in [2.05, 4.69) is 16.0 Å². The van der Waals surface area contributed by atoms with Gasteiger partial charge in [0.1, 0.15) is 73.1 Å². The summed E-state index contributed by atoms with van der Waals surface area (Å²) in [6.07, 6.45) is -16.2. The molecule has 3 heterocycles. The molecule has 54 heavy (non-hydrogen) atoms. The molecule has 3 amide bonds. The van der Waals surface area contributed by atoms with E-state index in [9.17, 15) is 54.5 Å². The molecule has 0 aromatic carbocycles. The Morgan fingerprint density at radius 1 is 0.574 bits per heavy atom. The standard InChI is InChI=1S/C31H56N3O19P/c1-14(35)32-20-26(41)24(39)18(52-29(20)47-9-7-6-8-10-50-54(5,44)45)12-49-31-22(34-16(3)37)28(43)25(40)19(53-31)13-48-30-21(33-15(2)36)27(42)23(38)17(51-30)11-46-4/h17-31,38-43H,6-13H2,1-5H3,(H,32,35)(H,33,36)(H,34,37)(H,44,45). The lowest BCUT2D eigenvalue weighted by Gasteiger charge is -2.46. The van der Waals surface area contributed by atoms with Gasteiger partial charge in [-0.2, -0.15) is 0 Å². The number of aliphatic hydroxyl groups excluding tert-OH is 6. The molecule has 16 unspecified atom stereocenters. The zero-order valence-electron chi connectivity index (χ0n) is 30.8. The Morgan fingerprint density at radius 3 is 1.28 bits per heavy atom. The lowest BCUT2D eigenvalue weighted by atomic mass is 9.95. The minimum atomic E-state index is -3.60. The molecule has 0 aliphatic carbocycles. The van der Waals surface area contributed by atoms with E-state index in [1.807, 2.05) is 0 Å². The van der Waals surface area contributed by atoms with Crippen LogP contribution >= 0.6 is 7.60 Å². The van der Waals surface area contributed by atoms with Crippen LogP contribution in [0.5, 0.6) is 0 Å². The molecule has 3 fully saturated rings. The Hall–Kier alpha value is -1.96. The predicted octanol–water partition coefficient (Wildman–Crippen LogP) is -4.46. The van der Waals surface area contributed by atoms with Gasteiger partial charge in [0.2, 0.25) is 17.7 Å². The van der Waals surface area contributed by atoms with Crippen molar-refractivity contribution in [1.82, 2.24) is 16.0 Å². The summed E-state index contributed by atoms with van der Waals surface area (Å²) < 4.78 is 56.2. The maximum Gasteiger partial charge on any atom is 0.325 e. The summed E-state index contributed by atoms with van der Waals surface area (Å²) >= 11 is 0. The average molecular weight is 806 g/mol. The predicted molar refractivity (Wildman–Crippen MR) is 180 cm³/mol. The van der Waals surface area contributed by atoms with Crippen LogP contribution in [0, 0.1) is 0 Å². The van der Waals surface area contributed by atoms with Gasteiger partial charge in [0, 0.05) is 41.2 Å². The van der Waals surface area contributed by atoms with Crippen LogP contribution in [-0.2, 0) is 56.6 Å². The summed E-state index contributed by atoms with van der Waals surface area (Å²) in [6, 6.07) is -3.82. The van der Waals surface area contributed by atoms with Gasteiger partial charge in [-0.1, -0.05) is 0 Å². The second-order valence-electron chi connectivity index (χ2n) is 13.4. The molecular formula is C31H56N3O19P. The zero-order valence-corrected chi connectivity index (χ0v) is 31.7. The highest BCUT2D eigenvalue weighted by atomic mass is 31.2. The average Bonchev–Trinajstić information content (AvgIpc) is 3.08. The van der Waals surface area contributed by atoms with Crippen molar-refractivity contribution >= 4 is 25.3 Å². The Balaban J connectivity index is 1.70. The first-order chi connectivity index (χ1) is 25.3. The second kappa shape index (κ2) is 21.5. The normalized spacial score (nSPS) is 38.3. The van der Waals surface area contributed by atoms with Gasteiger partial charge in [-0.15, -0.1) is 0 Å². The fourth-order valence-electron chi connectivity index (χ4n) is 6.16. The van der Waals surface area contributed by atoms with Crippen LogP contribution in [0.1, 0.15) is 40.0 Å². The number of carbonyl (C=O) groups is 3. The third-order valence-electron chi connectivity index (χ3n) is 8.79. The van der Waals surface area contributed by atoms with Crippen molar-refractivity contribution in [3.8, 4) is 0 Å². The highest BCUT2D eigenvalue weighted by Gasteiger charge is 2.50. The minimum Gasteiger partial charge on any atom is -0.388 e. The molecule has 3 aliphatic heterocycles. The number of ether oxygens (including phenoxy) is 7. The first-order valence-corrected chi connectivity index (χ1v) is 19.5. The van der Waals surface area contributed by atoms with E-state index in [1.54, 1.807) is 0 Å². The van der Waals surface area contributed by atoms with Crippen LogP contribution in [0.3, 0.4) is 0 Å². The quantitative estimate of drug-likeness (QED) is 0.0435. The molecule has 0 aromatic rings. The number of methoxy groups -OCH3 is 1. The number of rotatable bonds is 19. The minimum absolute atomic E-state index is 0.0541. The smallest absolute Gasteiger partial charge is 0.325 e. The number of nitrogens with one attached hydrogen (secondary N) is 3. The molecule has 0 bridgehead atoms. The van der Waals surface area contributed by atoms with Crippen LogP contribution in [0.2, 0.25) is 0 Å². The van der Waals surface area contributed by atoms with Crippen LogP contribution in [0.4, 0.5) is 0 Å². The van der Waals surface area contributed by atoms with E-state index < -0.39 is 130 Å². The van der Waals surface area contributed by atoms with Crippen LogP contribution in [0.25, 0.3) is 0 Å². The van der Waals surface area contributed by atoms with Crippen molar-refractivity contribution < 1.29 is 92.2 Å². The molecule has 3 rings (SSSR count). The molecule has 23 heteroatoms. The van der Waals surface area contributed by atoms with Gasteiger partial charge in [-0.3, -0.25) is 18.9 Å². The van der Waals surface area contributed by atoms with Gasteiger partial charge in [0.05, 0.1) is 26.4 Å². The Kier molecular flexibility index (Phi) is 18.5. The number of amides is 3. The zero-order chi connectivity index (χ0) is 40.3. The molecule has 3 saturated heterocycles. The summed E-state index contributed by atoms with van der Waals surface area (Å²) in [5.74, 6) is -1.73. The fourth-order valence-corrected chi connectivity index (χ4v) is 6.62. The third kappa shape index (κ3) is 13.6. The van der Waals surface area contributed by atoms with Crippen molar-refractivity contribution in [2.75, 3.05) is 46.8 Å². The first-order valence-electron chi connectivity index (χ1n) is 17.5. The van der Waals surface area contributed by atoms with Gasteiger partial charge in [0.25, 0.3) is 0 Å². The van der Waals surface area contributed by atoms with E-state index in [0.717, 1.165) is 13.6 Å². The van der Waals surface area contributed by atoms with Crippen LogP contribution < -0.4 is 16.0 Å². The maximum atomic E-state index is 12.1. The summed E-state index contributed by atoms with van der Waals surface area (Å²) in [5.41, 5.74) is 0. The number of hydrogen-bond acceptors (Lipinski definition) is 18. The summed E-state index contributed by atoms with van der Waals surface area (Å²) in [5, 5.41) is 72.5. The number of carbonyl (C=O) groups excluding carboxylic acids is 3. The topological polar surface area (TPSA) is 320 Å². The summed E-state index contributed by atoms with van der Waals surface area (Å²) in [4.78, 5) is 45.1. The van der Waals surface area contributed by atoms with Crippen molar-refractivity contribution in [3.63, 3.8) is 0 Å². The Morgan fingerprint density at radius 2 is 0.926 bits per heavy atom. The lowest BCUT2D eigenvalue weighted by Crippen LogP contribution is -2.67. The van der Waals surface area contributed by atoms with E-state index in [0.29, 0.717) is 19.3 Å². The lowest BCUT2D eigenvalue weighted by molar-refractivity contribution is -0.316. The van der Waals surface area contributed by atoms with Gasteiger partial charge < -0.3 is 89.2 Å². The Labute approximate surface area is 312 Å². The van der Waals surface area contributed by atoms with Crippen molar-refractivity contribution in [2.24, 2.45) is 0 Å². The van der Waals surface area contributed by atoms with E-state index >= 15 is 0 Å². The van der Waals surface area contributed by atoms with Crippen LogP contribution in [-0.4, -0.2) is 192 Å². The van der Waals surface area contributed by atoms with Gasteiger partial charge in [0.15, 0.2) is 18.9 Å². The van der Waals surface area contributed by atoms with Gasteiger partial charge >= 0.3 is 7.60 Å². The first kappa shape index (κ1) is 46.4. The fraction of sp³-hybridized carbons (Fsp3) is 0.903. The molecule has 0 aromatic heterocycles. The van der Waals surface area contributed by atoms with Gasteiger partial charge in [-0.25, -0.2) is 0 Å². The van der Waals surface area contributed by atoms with Crippen LogP contribution in [0.15, 0.2) is 0 Å². The van der Waals surface area contributed by atoms with Crippen molar-refractivity contribution in [1.29, 1.82) is 0 Å². The van der Waals surface area contributed by atoms with Gasteiger partial charge in [-0.05, 0) is 19.3 Å². The number of hydrogen-bond donors (Lipinski definition) is 10. The number of aliphatic hydroxyl groups is 6. The molecule has 314 valence electrons. The monoisotopic (exact) mass is 805 g/mol. The molecule has 0 radical (unpaired) electrons. The summed E-state index contributed by atoms with van der Waals surface area (Å²) in [6.45, 7) is 3.52.